The fourth-order valence-electron chi connectivity index (χ4n) is 2.37. The Balaban J connectivity index is 2.07. The molecule has 0 aliphatic carbocycles. The zero-order chi connectivity index (χ0) is 14.3. The van der Waals surface area contributed by atoms with Crippen molar-refractivity contribution in [2.24, 2.45) is 0 Å². The molecule has 2 aromatic rings. The average molecular weight is 291 g/mol. The van der Waals surface area contributed by atoms with E-state index in [0.717, 1.165) is 22.6 Å². The lowest BCUT2D eigenvalue weighted by Gasteiger charge is -2.12. The van der Waals surface area contributed by atoms with Gasteiger partial charge in [-0.2, -0.15) is 0 Å². The maximum Gasteiger partial charge on any atom is 0.231 e. The topological polar surface area (TPSA) is 44.2 Å². The Morgan fingerprint density at radius 1 is 1.15 bits per heavy atom. The lowest BCUT2D eigenvalue weighted by molar-refractivity contribution is 0.174. The van der Waals surface area contributed by atoms with Gasteiger partial charge in [-0.15, -0.1) is 0 Å². The Hall–Kier alpha value is -1.81. The molecule has 4 nitrogen and oxygen atoms in total. The first-order valence-corrected chi connectivity index (χ1v) is 6.88. The lowest BCUT2D eigenvalue weighted by atomic mass is 10.0. The van der Waals surface area contributed by atoms with Gasteiger partial charge in [0.2, 0.25) is 6.79 Å². The summed E-state index contributed by atoms with van der Waals surface area (Å²) in [7, 11) is 0. The number of hydrogen-bond donors (Lipinski definition) is 0. The van der Waals surface area contributed by atoms with E-state index in [-0.39, 0.29) is 6.79 Å². The van der Waals surface area contributed by atoms with E-state index in [0.29, 0.717) is 22.6 Å². The van der Waals surface area contributed by atoms with Crippen LogP contribution in [-0.2, 0) is 0 Å². The molecule has 0 radical (unpaired) electrons. The summed E-state index contributed by atoms with van der Waals surface area (Å²) in [5, 5.41) is 0.514. The molecule has 1 aliphatic heterocycles. The zero-order valence-electron chi connectivity index (χ0n) is 11.6. The maximum absolute atomic E-state index is 6.29. The summed E-state index contributed by atoms with van der Waals surface area (Å²) in [5.41, 5.74) is 2.78. The first-order valence-electron chi connectivity index (χ1n) is 6.50. The van der Waals surface area contributed by atoms with E-state index in [2.05, 4.69) is 23.8 Å². The van der Waals surface area contributed by atoms with Crippen molar-refractivity contribution in [2.75, 3.05) is 6.79 Å². The molecular weight excluding hydrogens is 276 g/mol. The lowest BCUT2D eigenvalue weighted by Crippen LogP contribution is -2.01. The first-order chi connectivity index (χ1) is 9.56. The van der Waals surface area contributed by atoms with E-state index in [1.165, 1.54) is 0 Å². The fourth-order valence-corrected chi connectivity index (χ4v) is 2.80. The number of aromatic nitrogens is 2. The van der Waals surface area contributed by atoms with Crippen molar-refractivity contribution in [3.63, 3.8) is 0 Å². The summed E-state index contributed by atoms with van der Waals surface area (Å²) in [6.45, 7) is 6.38. The van der Waals surface area contributed by atoms with E-state index >= 15 is 0 Å². The predicted molar refractivity (Wildman–Crippen MR) is 77.4 cm³/mol. The second-order valence-electron chi connectivity index (χ2n) is 5.06. The third-order valence-electron chi connectivity index (χ3n) is 3.30. The predicted octanol–water partition coefficient (Wildman–Crippen LogP) is 3.96. The molecular formula is C15H15ClN2O2. The second-order valence-corrected chi connectivity index (χ2v) is 5.42. The summed E-state index contributed by atoms with van der Waals surface area (Å²) < 4.78 is 10.7. The molecule has 0 saturated carbocycles. The highest BCUT2D eigenvalue weighted by Crippen LogP contribution is 2.36. The monoisotopic (exact) mass is 290 g/mol. The molecule has 0 bridgehead atoms. The van der Waals surface area contributed by atoms with Crippen molar-refractivity contribution in [3.05, 3.63) is 34.6 Å². The highest BCUT2D eigenvalue weighted by atomic mass is 35.5. The summed E-state index contributed by atoms with van der Waals surface area (Å²) in [6.07, 6.45) is 0. The van der Waals surface area contributed by atoms with Crippen LogP contribution >= 0.6 is 11.6 Å². The zero-order valence-corrected chi connectivity index (χ0v) is 12.4. The molecule has 1 aromatic heterocycles. The van der Waals surface area contributed by atoms with Gasteiger partial charge in [-0.25, -0.2) is 9.97 Å². The van der Waals surface area contributed by atoms with Gasteiger partial charge in [-0.3, -0.25) is 0 Å². The minimum absolute atomic E-state index is 0.256. The molecule has 0 N–H and O–H groups in total. The number of halogens is 1. The fraction of sp³-hybridized carbons (Fsp3) is 0.333. The molecule has 3 rings (SSSR count). The molecule has 2 heterocycles. The number of rotatable bonds is 2. The third kappa shape index (κ3) is 2.20. The Bertz CT molecular complexity index is 648. The van der Waals surface area contributed by atoms with Crippen LogP contribution in [-0.4, -0.2) is 16.8 Å². The van der Waals surface area contributed by atoms with E-state index in [4.69, 9.17) is 21.1 Å². The summed E-state index contributed by atoms with van der Waals surface area (Å²) in [4.78, 5) is 8.97. The minimum Gasteiger partial charge on any atom is -0.454 e. The highest BCUT2D eigenvalue weighted by Gasteiger charge is 2.17. The molecule has 104 valence electrons. The van der Waals surface area contributed by atoms with Gasteiger partial charge in [-0.1, -0.05) is 25.4 Å². The van der Waals surface area contributed by atoms with E-state index in [1.807, 2.05) is 25.1 Å². The molecule has 1 aromatic carbocycles. The van der Waals surface area contributed by atoms with Crippen LogP contribution in [0, 0.1) is 6.92 Å². The van der Waals surface area contributed by atoms with Crippen LogP contribution < -0.4 is 9.47 Å². The molecule has 20 heavy (non-hydrogen) atoms. The molecule has 0 amide bonds. The van der Waals surface area contributed by atoms with Crippen LogP contribution in [0.3, 0.4) is 0 Å². The van der Waals surface area contributed by atoms with Crippen molar-refractivity contribution in [2.45, 2.75) is 26.7 Å². The number of benzene rings is 1. The van der Waals surface area contributed by atoms with Crippen molar-refractivity contribution < 1.29 is 9.47 Å². The van der Waals surface area contributed by atoms with Crippen LogP contribution in [0.15, 0.2) is 18.2 Å². The number of nitrogens with zero attached hydrogens (tertiary/aromatic N) is 2. The van der Waals surface area contributed by atoms with Crippen molar-refractivity contribution in [3.8, 4) is 22.9 Å². The summed E-state index contributed by atoms with van der Waals surface area (Å²) in [5.74, 6) is 2.37. The molecule has 5 heteroatoms. The molecule has 0 saturated heterocycles. The largest absolute Gasteiger partial charge is 0.454 e. The van der Waals surface area contributed by atoms with Crippen LogP contribution in [0.4, 0.5) is 0 Å². The van der Waals surface area contributed by atoms with Crippen LogP contribution in [0.5, 0.6) is 11.5 Å². The van der Waals surface area contributed by atoms with Gasteiger partial charge in [-0.05, 0) is 31.0 Å². The maximum atomic E-state index is 6.29. The van der Waals surface area contributed by atoms with Crippen molar-refractivity contribution >= 4 is 11.6 Å². The van der Waals surface area contributed by atoms with Gasteiger partial charge in [0, 0.05) is 16.8 Å². The smallest absolute Gasteiger partial charge is 0.231 e. The average Bonchev–Trinajstić information content (AvgIpc) is 2.84. The van der Waals surface area contributed by atoms with E-state index < -0.39 is 0 Å². The van der Waals surface area contributed by atoms with Gasteiger partial charge in [0.25, 0.3) is 0 Å². The van der Waals surface area contributed by atoms with Crippen LogP contribution in [0.2, 0.25) is 5.15 Å². The quantitative estimate of drug-likeness (QED) is 0.785. The number of fused-ring (bicyclic) bond motifs is 1. The molecule has 0 fully saturated rings. The Morgan fingerprint density at radius 2 is 1.90 bits per heavy atom. The van der Waals surface area contributed by atoms with Gasteiger partial charge >= 0.3 is 0 Å². The van der Waals surface area contributed by atoms with Gasteiger partial charge in [0.1, 0.15) is 5.15 Å². The van der Waals surface area contributed by atoms with Crippen molar-refractivity contribution in [1.29, 1.82) is 0 Å². The third-order valence-corrected chi connectivity index (χ3v) is 3.59. The Morgan fingerprint density at radius 3 is 2.60 bits per heavy atom. The van der Waals surface area contributed by atoms with Gasteiger partial charge in [0.15, 0.2) is 17.3 Å². The summed E-state index contributed by atoms with van der Waals surface area (Å²) in [6, 6.07) is 5.65. The Labute approximate surface area is 122 Å². The normalized spacial score (nSPS) is 13.1. The molecule has 0 spiro atoms. The van der Waals surface area contributed by atoms with Gasteiger partial charge in [0.05, 0.1) is 0 Å². The summed E-state index contributed by atoms with van der Waals surface area (Å²) >= 11 is 6.29. The number of hydrogen-bond acceptors (Lipinski definition) is 4. The second kappa shape index (κ2) is 4.94. The van der Waals surface area contributed by atoms with Crippen molar-refractivity contribution in [1.82, 2.24) is 9.97 Å². The SMILES string of the molecule is Cc1nc(-c2ccc3c(c2)OCO3)nc(Cl)c1C(C)C. The molecule has 1 aliphatic rings. The van der Waals surface area contributed by atoms with Crippen LogP contribution in [0.1, 0.15) is 31.0 Å². The molecule has 0 unspecified atom stereocenters. The number of aryl methyl sites for hydroxylation is 1. The Kier molecular flexibility index (Phi) is 3.26. The van der Waals surface area contributed by atoms with Crippen LogP contribution in [0.25, 0.3) is 11.4 Å². The standard InChI is InChI=1S/C15H15ClN2O2/c1-8(2)13-9(3)17-15(18-14(13)16)10-4-5-11-12(6-10)20-7-19-11/h4-6,8H,7H2,1-3H3. The molecule has 0 atom stereocenters. The number of ether oxygens (including phenoxy) is 2. The van der Waals surface area contributed by atoms with E-state index in [9.17, 15) is 0 Å². The van der Waals surface area contributed by atoms with Gasteiger partial charge < -0.3 is 9.47 Å². The van der Waals surface area contributed by atoms with E-state index in [1.54, 1.807) is 0 Å². The highest BCUT2D eigenvalue weighted by molar-refractivity contribution is 6.30. The minimum atomic E-state index is 0.256. The first kappa shape index (κ1) is 13.2.